The molecule has 27 heavy (non-hydrogen) atoms. The minimum absolute atomic E-state index is 0. The molecule has 0 amide bonds. The number of aryl methyl sites for hydroxylation is 1. The van der Waals surface area contributed by atoms with Crippen molar-refractivity contribution in [3.05, 3.63) is 59.2 Å². The second kappa shape index (κ2) is 11.7. The molecule has 2 aromatic rings. The monoisotopic (exact) mass is 482 g/mol. The third-order valence-electron chi connectivity index (χ3n) is 4.23. The fourth-order valence-corrected chi connectivity index (χ4v) is 2.77. The lowest BCUT2D eigenvalue weighted by molar-refractivity contribution is 0.409. The summed E-state index contributed by atoms with van der Waals surface area (Å²) in [5.41, 5.74) is 4.86. The number of ether oxygens (including phenoxy) is 1. The predicted molar refractivity (Wildman–Crippen MR) is 126 cm³/mol. The molecule has 2 aromatic carbocycles. The van der Waals surface area contributed by atoms with Crippen LogP contribution in [0.3, 0.4) is 0 Å². The fourth-order valence-electron chi connectivity index (χ4n) is 2.77. The van der Waals surface area contributed by atoms with Crippen molar-refractivity contribution < 1.29 is 4.74 Å². The maximum absolute atomic E-state index is 5.44. The highest BCUT2D eigenvalue weighted by atomic mass is 127. The number of nitrogens with zero attached hydrogens (tertiary/aromatic N) is 2. The van der Waals surface area contributed by atoms with Crippen LogP contribution in [0.1, 0.15) is 16.7 Å². The fraction of sp³-hybridized carbons (Fsp3) is 0.381. The molecule has 0 unspecified atom stereocenters. The number of methoxy groups -OCH3 is 1. The summed E-state index contributed by atoms with van der Waals surface area (Å²) < 4.78 is 5.44. The highest BCUT2D eigenvalue weighted by molar-refractivity contribution is 14.0. The van der Waals surface area contributed by atoms with Gasteiger partial charge in [-0.25, -0.2) is 0 Å². The van der Waals surface area contributed by atoms with Crippen molar-refractivity contribution >= 4 is 35.6 Å². The summed E-state index contributed by atoms with van der Waals surface area (Å²) in [5, 5.41) is 6.74. The highest BCUT2D eigenvalue weighted by Crippen LogP contribution is 2.19. The van der Waals surface area contributed by atoms with Gasteiger partial charge in [0.2, 0.25) is 0 Å². The summed E-state index contributed by atoms with van der Waals surface area (Å²) in [4.78, 5) is 6.41. The minimum atomic E-state index is 0. The molecular weight excluding hydrogens is 451 g/mol. The molecule has 0 saturated heterocycles. The SMILES string of the molecule is CN=C(NCCc1cc(C)ccc1OC)NCc1cccc(N(C)C)c1.I. The Balaban J connectivity index is 0.00000364. The van der Waals surface area contributed by atoms with Gasteiger partial charge in [0, 0.05) is 39.9 Å². The summed E-state index contributed by atoms with van der Waals surface area (Å²) in [6.07, 6.45) is 0.877. The molecule has 0 fully saturated rings. The van der Waals surface area contributed by atoms with E-state index in [0.717, 1.165) is 31.2 Å². The standard InChI is InChI=1S/C21H30N4O.HI/c1-16-9-10-20(26-5)18(13-16)11-12-23-21(22-2)24-15-17-7-6-8-19(14-17)25(3)4;/h6-10,13-14H,11-12,15H2,1-5H3,(H2,22,23,24);1H. The van der Waals surface area contributed by atoms with Gasteiger partial charge in [0.05, 0.1) is 7.11 Å². The van der Waals surface area contributed by atoms with Crippen LogP contribution in [0.2, 0.25) is 0 Å². The Bertz CT molecular complexity index is 747. The van der Waals surface area contributed by atoms with Gasteiger partial charge in [0.1, 0.15) is 5.75 Å². The molecule has 2 N–H and O–H groups in total. The zero-order chi connectivity index (χ0) is 18.9. The van der Waals surface area contributed by atoms with Crippen LogP contribution in [-0.2, 0) is 13.0 Å². The molecule has 6 heteroatoms. The van der Waals surface area contributed by atoms with Crippen LogP contribution in [-0.4, -0.2) is 40.8 Å². The van der Waals surface area contributed by atoms with E-state index in [9.17, 15) is 0 Å². The summed E-state index contributed by atoms with van der Waals surface area (Å²) in [6, 6.07) is 14.7. The number of halogens is 1. The van der Waals surface area contributed by atoms with Crippen LogP contribution >= 0.6 is 24.0 Å². The average molecular weight is 482 g/mol. The molecule has 0 aliphatic rings. The van der Waals surface area contributed by atoms with Crippen LogP contribution < -0.4 is 20.3 Å². The predicted octanol–water partition coefficient (Wildman–Crippen LogP) is 3.60. The number of benzene rings is 2. The first kappa shape index (κ1) is 23.1. The van der Waals surface area contributed by atoms with Gasteiger partial charge in [-0.15, -0.1) is 24.0 Å². The second-order valence-corrected chi connectivity index (χ2v) is 6.48. The minimum Gasteiger partial charge on any atom is -0.496 e. The smallest absolute Gasteiger partial charge is 0.191 e. The van der Waals surface area contributed by atoms with E-state index >= 15 is 0 Å². The Morgan fingerprint density at radius 3 is 2.56 bits per heavy atom. The Labute approximate surface area is 180 Å². The maximum atomic E-state index is 5.44. The van der Waals surface area contributed by atoms with E-state index in [2.05, 4.69) is 63.8 Å². The first-order chi connectivity index (χ1) is 12.5. The number of anilines is 1. The van der Waals surface area contributed by atoms with Gasteiger partial charge in [-0.1, -0.05) is 29.8 Å². The molecule has 0 atom stereocenters. The largest absolute Gasteiger partial charge is 0.496 e. The quantitative estimate of drug-likeness (QED) is 0.360. The van der Waals surface area contributed by atoms with Gasteiger partial charge in [0.25, 0.3) is 0 Å². The van der Waals surface area contributed by atoms with Crippen molar-refractivity contribution in [3.63, 3.8) is 0 Å². The summed E-state index contributed by atoms with van der Waals surface area (Å²) in [5.74, 6) is 1.73. The summed E-state index contributed by atoms with van der Waals surface area (Å²) >= 11 is 0. The molecule has 0 spiro atoms. The Morgan fingerprint density at radius 2 is 1.89 bits per heavy atom. The third kappa shape index (κ3) is 7.28. The lowest BCUT2D eigenvalue weighted by atomic mass is 10.1. The van der Waals surface area contributed by atoms with Crippen LogP contribution in [0.25, 0.3) is 0 Å². The average Bonchev–Trinajstić information content (AvgIpc) is 2.65. The molecule has 148 valence electrons. The first-order valence-electron chi connectivity index (χ1n) is 8.87. The highest BCUT2D eigenvalue weighted by Gasteiger charge is 2.05. The zero-order valence-electron chi connectivity index (χ0n) is 16.9. The van der Waals surface area contributed by atoms with Crippen LogP contribution in [0, 0.1) is 6.92 Å². The van der Waals surface area contributed by atoms with Crippen molar-refractivity contribution in [2.24, 2.45) is 4.99 Å². The summed E-state index contributed by atoms with van der Waals surface area (Å²) in [6.45, 7) is 3.62. The molecular formula is C21H31IN4O. The van der Waals surface area contributed by atoms with Crippen molar-refractivity contribution in [2.75, 3.05) is 39.7 Å². The third-order valence-corrected chi connectivity index (χ3v) is 4.23. The molecule has 2 rings (SSSR count). The van der Waals surface area contributed by atoms with E-state index in [4.69, 9.17) is 4.74 Å². The second-order valence-electron chi connectivity index (χ2n) is 6.48. The van der Waals surface area contributed by atoms with Crippen molar-refractivity contribution in [2.45, 2.75) is 19.9 Å². The van der Waals surface area contributed by atoms with E-state index in [-0.39, 0.29) is 24.0 Å². The molecule has 0 bridgehead atoms. The number of hydrogen-bond donors (Lipinski definition) is 2. The number of nitrogens with one attached hydrogen (secondary N) is 2. The van der Waals surface area contributed by atoms with Crippen LogP contribution in [0.5, 0.6) is 5.75 Å². The Morgan fingerprint density at radius 1 is 1.11 bits per heavy atom. The van der Waals surface area contributed by atoms with Gasteiger partial charge in [0.15, 0.2) is 5.96 Å². The van der Waals surface area contributed by atoms with Gasteiger partial charge in [-0.05, 0) is 42.7 Å². The van der Waals surface area contributed by atoms with Gasteiger partial charge < -0.3 is 20.3 Å². The number of guanidine groups is 1. The molecule has 0 radical (unpaired) electrons. The lowest BCUT2D eigenvalue weighted by Crippen LogP contribution is -2.37. The normalized spacial score (nSPS) is 10.8. The molecule has 0 aromatic heterocycles. The topological polar surface area (TPSA) is 48.9 Å². The van der Waals surface area contributed by atoms with E-state index < -0.39 is 0 Å². The van der Waals surface area contributed by atoms with E-state index in [1.165, 1.54) is 22.4 Å². The Hall–Kier alpha value is -1.96. The van der Waals surface area contributed by atoms with Crippen molar-refractivity contribution in [3.8, 4) is 5.75 Å². The number of rotatable bonds is 7. The van der Waals surface area contributed by atoms with Crippen LogP contribution in [0.15, 0.2) is 47.5 Å². The lowest BCUT2D eigenvalue weighted by Gasteiger charge is -2.16. The summed E-state index contributed by atoms with van der Waals surface area (Å²) in [7, 11) is 7.60. The maximum Gasteiger partial charge on any atom is 0.191 e. The molecule has 0 heterocycles. The van der Waals surface area contributed by atoms with Crippen LogP contribution in [0.4, 0.5) is 5.69 Å². The van der Waals surface area contributed by atoms with Gasteiger partial charge >= 0.3 is 0 Å². The number of hydrogen-bond acceptors (Lipinski definition) is 3. The first-order valence-corrected chi connectivity index (χ1v) is 8.87. The Kier molecular flexibility index (Phi) is 9.99. The van der Waals surface area contributed by atoms with Crippen molar-refractivity contribution in [1.29, 1.82) is 0 Å². The zero-order valence-corrected chi connectivity index (χ0v) is 19.2. The molecule has 0 aliphatic carbocycles. The van der Waals surface area contributed by atoms with E-state index in [1.807, 2.05) is 20.2 Å². The van der Waals surface area contributed by atoms with Gasteiger partial charge in [-0.3, -0.25) is 4.99 Å². The van der Waals surface area contributed by atoms with Gasteiger partial charge in [-0.2, -0.15) is 0 Å². The molecule has 0 aliphatic heterocycles. The number of aliphatic imine (C=N–C) groups is 1. The molecule has 0 saturated carbocycles. The van der Waals surface area contributed by atoms with E-state index in [0.29, 0.717) is 0 Å². The van der Waals surface area contributed by atoms with E-state index in [1.54, 1.807) is 14.2 Å². The van der Waals surface area contributed by atoms with Crippen molar-refractivity contribution in [1.82, 2.24) is 10.6 Å². The molecule has 5 nitrogen and oxygen atoms in total.